The van der Waals surface area contributed by atoms with Gasteiger partial charge in [-0.2, -0.15) is 10.1 Å². The molecule has 3 heterocycles. The molecule has 0 bridgehead atoms. The number of anilines is 1. The van der Waals surface area contributed by atoms with Gasteiger partial charge >= 0.3 is 0 Å². The van der Waals surface area contributed by atoms with Gasteiger partial charge in [0.25, 0.3) is 5.91 Å². The lowest BCUT2D eigenvalue weighted by Gasteiger charge is -2.37. The van der Waals surface area contributed by atoms with Crippen LogP contribution in [0.15, 0.2) is 78.3 Å². The van der Waals surface area contributed by atoms with Crippen molar-refractivity contribution in [2.75, 3.05) is 31.5 Å². The van der Waals surface area contributed by atoms with Gasteiger partial charge in [0.1, 0.15) is 12.4 Å². The molecule has 0 saturated carbocycles. The predicted molar refractivity (Wildman–Crippen MR) is 119 cm³/mol. The van der Waals surface area contributed by atoms with E-state index in [4.69, 9.17) is 0 Å². The highest BCUT2D eigenvalue weighted by Crippen LogP contribution is 2.35. The fraction of sp³-hybridized carbons (Fsp3) is 0.292. The summed E-state index contributed by atoms with van der Waals surface area (Å²) in [5.41, 5.74) is 3.91. The van der Waals surface area contributed by atoms with Crippen LogP contribution in [0.25, 0.3) is 0 Å². The highest BCUT2D eigenvalue weighted by Gasteiger charge is 2.36. The summed E-state index contributed by atoms with van der Waals surface area (Å²) in [6.07, 6.45) is 1.53. The molecule has 2 aromatic carbocycles. The van der Waals surface area contributed by atoms with E-state index >= 15 is 0 Å². The van der Waals surface area contributed by atoms with Crippen LogP contribution in [0.1, 0.15) is 24.1 Å². The number of allylic oxidation sites excluding steroid dienone is 1. The molecule has 1 saturated heterocycles. The first-order chi connectivity index (χ1) is 15.2. The quantitative estimate of drug-likeness (QED) is 0.711. The second-order valence-corrected chi connectivity index (χ2v) is 8.06. The summed E-state index contributed by atoms with van der Waals surface area (Å²) >= 11 is 0. The lowest BCUT2D eigenvalue weighted by molar-refractivity contribution is -0.129. The van der Waals surface area contributed by atoms with Crippen molar-refractivity contribution in [2.24, 2.45) is 0 Å². The molecule has 2 aliphatic heterocycles. The van der Waals surface area contributed by atoms with E-state index in [1.165, 1.54) is 11.9 Å². The molecule has 158 valence electrons. The SMILES string of the molecule is CC1=C(C(=O)N2CCN(Cc3ccccc3)CC2)[C@@H](c2ccccc2)n2ncnc2N1. The first-order valence-electron chi connectivity index (χ1n) is 10.7. The summed E-state index contributed by atoms with van der Waals surface area (Å²) in [5, 5.41) is 7.68. The minimum Gasteiger partial charge on any atom is -0.336 e. The first-order valence-corrected chi connectivity index (χ1v) is 10.7. The Kier molecular flexibility index (Phi) is 5.26. The van der Waals surface area contributed by atoms with E-state index in [1.807, 2.05) is 48.2 Å². The number of piperazine rings is 1. The van der Waals surface area contributed by atoms with E-state index in [-0.39, 0.29) is 11.9 Å². The highest BCUT2D eigenvalue weighted by atomic mass is 16.2. The van der Waals surface area contributed by atoms with Crippen molar-refractivity contribution in [2.45, 2.75) is 19.5 Å². The van der Waals surface area contributed by atoms with Crippen molar-refractivity contribution < 1.29 is 4.79 Å². The third-order valence-corrected chi connectivity index (χ3v) is 6.05. The van der Waals surface area contributed by atoms with E-state index in [9.17, 15) is 4.79 Å². The number of benzene rings is 2. The lowest BCUT2D eigenvalue weighted by atomic mass is 9.94. The Hall–Kier alpha value is -3.45. The minimum atomic E-state index is -0.283. The van der Waals surface area contributed by atoms with Gasteiger partial charge in [-0.3, -0.25) is 9.69 Å². The second-order valence-electron chi connectivity index (χ2n) is 8.06. The Labute approximate surface area is 182 Å². The highest BCUT2D eigenvalue weighted by molar-refractivity contribution is 5.96. The van der Waals surface area contributed by atoms with Crippen LogP contribution in [0.3, 0.4) is 0 Å². The van der Waals surface area contributed by atoms with Crippen molar-refractivity contribution in [3.05, 3.63) is 89.4 Å². The summed E-state index contributed by atoms with van der Waals surface area (Å²) in [6.45, 7) is 6.03. The smallest absolute Gasteiger partial charge is 0.254 e. The van der Waals surface area contributed by atoms with Gasteiger partial charge < -0.3 is 10.2 Å². The molecule has 31 heavy (non-hydrogen) atoms. The van der Waals surface area contributed by atoms with E-state index in [2.05, 4.69) is 44.6 Å². The number of hydrogen-bond donors (Lipinski definition) is 1. The number of rotatable bonds is 4. The Balaban J connectivity index is 1.35. The van der Waals surface area contributed by atoms with Gasteiger partial charge in [0.05, 0.1) is 5.57 Å². The Morgan fingerprint density at radius 2 is 1.68 bits per heavy atom. The van der Waals surface area contributed by atoms with E-state index in [1.54, 1.807) is 4.68 Å². The zero-order chi connectivity index (χ0) is 21.2. The van der Waals surface area contributed by atoms with Crippen LogP contribution in [0.2, 0.25) is 0 Å². The largest absolute Gasteiger partial charge is 0.336 e. The van der Waals surface area contributed by atoms with Gasteiger partial charge in [-0.15, -0.1) is 0 Å². The van der Waals surface area contributed by atoms with Crippen LogP contribution in [0.4, 0.5) is 5.95 Å². The molecular formula is C24H26N6O. The molecule has 1 atom stereocenters. The van der Waals surface area contributed by atoms with E-state index in [0.29, 0.717) is 19.0 Å². The Morgan fingerprint density at radius 3 is 2.39 bits per heavy atom. The number of carbonyl (C=O) groups excluding carboxylic acids is 1. The number of amides is 1. The summed E-state index contributed by atoms with van der Waals surface area (Å²) < 4.78 is 1.81. The fourth-order valence-electron chi connectivity index (χ4n) is 4.43. The van der Waals surface area contributed by atoms with Gasteiger partial charge in [-0.05, 0) is 18.1 Å². The maximum absolute atomic E-state index is 13.7. The van der Waals surface area contributed by atoms with E-state index < -0.39 is 0 Å². The van der Waals surface area contributed by atoms with E-state index in [0.717, 1.165) is 36.5 Å². The molecule has 1 N–H and O–H groups in total. The molecule has 0 spiro atoms. The lowest BCUT2D eigenvalue weighted by Crippen LogP contribution is -2.50. The first kappa shape index (κ1) is 19.5. The number of fused-ring (bicyclic) bond motifs is 1. The van der Waals surface area contributed by atoms with Gasteiger partial charge in [-0.1, -0.05) is 60.7 Å². The van der Waals surface area contributed by atoms with Gasteiger partial charge in [0.2, 0.25) is 5.95 Å². The monoisotopic (exact) mass is 414 g/mol. The molecule has 7 nitrogen and oxygen atoms in total. The van der Waals surface area contributed by atoms with Crippen molar-refractivity contribution in [3.63, 3.8) is 0 Å². The van der Waals surface area contributed by atoms with Crippen LogP contribution < -0.4 is 5.32 Å². The number of nitrogens with one attached hydrogen (secondary N) is 1. The van der Waals surface area contributed by atoms with Crippen molar-refractivity contribution in [1.29, 1.82) is 0 Å². The molecule has 0 aliphatic carbocycles. The molecule has 1 aromatic heterocycles. The van der Waals surface area contributed by atoms with Crippen LogP contribution >= 0.6 is 0 Å². The van der Waals surface area contributed by atoms with Crippen molar-refractivity contribution >= 4 is 11.9 Å². The predicted octanol–water partition coefficient (Wildman–Crippen LogP) is 2.91. The number of carbonyl (C=O) groups is 1. The molecule has 1 amide bonds. The van der Waals surface area contributed by atoms with Gasteiger partial charge in [0.15, 0.2) is 0 Å². The molecule has 7 heteroatoms. The molecule has 1 fully saturated rings. The van der Waals surface area contributed by atoms with Crippen LogP contribution in [0.5, 0.6) is 0 Å². The summed E-state index contributed by atoms with van der Waals surface area (Å²) in [7, 11) is 0. The molecule has 0 unspecified atom stereocenters. The number of hydrogen-bond acceptors (Lipinski definition) is 5. The Bertz CT molecular complexity index is 1080. The van der Waals surface area contributed by atoms with Crippen LogP contribution in [-0.2, 0) is 11.3 Å². The fourth-order valence-corrected chi connectivity index (χ4v) is 4.43. The third kappa shape index (κ3) is 3.84. The molecule has 5 rings (SSSR count). The van der Waals surface area contributed by atoms with Crippen molar-refractivity contribution in [3.8, 4) is 0 Å². The van der Waals surface area contributed by atoms with Gasteiger partial charge in [0, 0.05) is 38.4 Å². The molecule has 3 aromatic rings. The average Bonchev–Trinajstić information content (AvgIpc) is 3.27. The summed E-state index contributed by atoms with van der Waals surface area (Å²) in [5.74, 6) is 0.731. The summed E-state index contributed by atoms with van der Waals surface area (Å²) in [6, 6.07) is 20.3. The zero-order valence-electron chi connectivity index (χ0n) is 17.6. The maximum atomic E-state index is 13.7. The minimum absolute atomic E-state index is 0.0689. The molecule has 0 radical (unpaired) electrons. The summed E-state index contributed by atoms with van der Waals surface area (Å²) in [4.78, 5) is 22.4. The number of aromatic nitrogens is 3. The topological polar surface area (TPSA) is 66.3 Å². The number of nitrogens with zero attached hydrogens (tertiary/aromatic N) is 5. The molecular weight excluding hydrogens is 388 g/mol. The third-order valence-electron chi connectivity index (χ3n) is 6.05. The van der Waals surface area contributed by atoms with Crippen LogP contribution in [-0.4, -0.2) is 56.7 Å². The van der Waals surface area contributed by atoms with Crippen molar-refractivity contribution in [1.82, 2.24) is 24.6 Å². The average molecular weight is 415 g/mol. The molecule has 2 aliphatic rings. The van der Waals surface area contributed by atoms with Gasteiger partial charge in [-0.25, -0.2) is 4.68 Å². The standard InChI is InChI=1S/C24H26N6O/c1-18-21(22(20-10-6-3-7-11-20)30-24(27-18)25-17-26-30)23(31)29-14-12-28(13-15-29)16-19-8-4-2-5-9-19/h2-11,17,22H,12-16H2,1H3,(H,25,26,27)/t22-/m1/s1. The second kappa shape index (κ2) is 8.35. The maximum Gasteiger partial charge on any atom is 0.254 e. The normalized spacial score (nSPS) is 19.1. The zero-order valence-corrected chi connectivity index (χ0v) is 17.6. The van der Waals surface area contributed by atoms with Crippen LogP contribution in [0, 0.1) is 0 Å². The Morgan fingerprint density at radius 1 is 1.00 bits per heavy atom.